The molecule has 0 saturated carbocycles. The van der Waals surface area contributed by atoms with Crippen LogP contribution in [0.15, 0.2) is 30.6 Å². The number of nitrogens with zero attached hydrogens (tertiary/aromatic N) is 5. The van der Waals surface area contributed by atoms with Gasteiger partial charge in [-0.1, -0.05) is 18.5 Å². The molecule has 1 aliphatic rings. The molecule has 1 amide bonds. The van der Waals surface area contributed by atoms with Crippen molar-refractivity contribution in [3.8, 4) is 17.1 Å². The normalized spacial score (nSPS) is 18.9. The summed E-state index contributed by atoms with van der Waals surface area (Å²) in [4.78, 5) is 19.0. The fourth-order valence-corrected chi connectivity index (χ4v) is 5.20. The first-order valence-corrected chi connectivity index (χ1v) is 11.3. The maximum absolute atomic E-state index is 14.1. The van der Waals surface area contributed by atoms with Gasteiger partial charge in [-0.15, -0.1) is 0 Å². The van der Waals surface area contributed by atoms with E-state index < -0.39 is 6.17 Å². The van der Waals surface area contributed by atoms with E-state index in [9.17, 15) is 9.18 Å². The molecule has 5 rings (SSSR count). The van der Waals surface area contributed by atoms with E-state index in [4.69, 9.17) is 21.4 Å². The van der Waals surface area contributed by atoms with Crippen molar-refractivity contribution >= 4 is 33.9 Å². The van der Waals surface area contributed by atoms with Gasteiger partial charge in [0.25, 0.3) is 5.91 Å². The quantitative estimate of drug-likeness (QED) is 0.409. The first kappa shape index (κ1) is 21.7. The van der Waals surface area contributed by atoms with Gasteiger partial charge in [0.15, 0.2) is 5.15 Å². The summed E-state index contributed by atoms with van der Waals surface area (Å²) >= 11 is 6.33. The first-order chi connectivity index (χ1) is 15.8. The molecule has 0 spiro atoms. The zero-order chi connectivity index (χ0) is 23.4. The highest BCUT2D eigenvalue weighted by Gasteiger charge is 2.29. The monoisotopic (exact) mass is 469 g/mol. The Kier molecular flexibility index (Phi) is 5.28. The zero-order valence-corrected chi connectivity index (χ0v) is 19.7. The highest BCUT2D eigenvalue weighted by molar-refractivity contribution is 6.34. The van der Waals surface area contributed by atoms with Gasteiger partial charge in [-0.2, -0.15) is 5.10 Å². The zero-order valence-electron chi connectivity index (χ0n) is 19.0. The number of hydrogen-bond acceptors (Lipinski definition) is 4. The average Bonchev–Trinajstić information content (AvgIpc) is 3.29. The summed E-state index contributed by atoms with van der Waals surface area (Å²) in [5.41, 5.74) is 4.56. The molecule has 0 aromatic carbocycles. The molecule has 0 radical (unpaired) electrons. The number of hydrogen-bond donors (Lipinski definition) is 0. The number of amides is 1. The molecule has 1 aliphatic heterocycles. The lowest BCUT2D eigenvalue weighted by atomic mass is 9.98. The molecule has 9 heteroatoms. The van der Waals surface area contributed by atoms with Crippen molar-refractivity contribution in [3.05, 3.63) is 46.9 Å². The van der Waals surface area contributed by atoms with E-state index in [-0.39, 0.29) is 18.4 Å². The number of aromatic nitrogens is 4. The summed E-state index contributed by atoms with van der Waals surface area (Å²) < 4.78 is 23.4. The smallest absolute Gasteiger partial charge is 0.255 e. The third-order valence-electron chi connectivity index (χ3n) is 6.43. The van der Waals surface area contributed by atoms with Crippen LogP contribution < -0.4 is 4.74 Å². The van der Waals surface area contributed by atoms with E-state index in [1.54, 1.807) is 35.0 Å². The van der Waals surface area contributed by atoms with Gasteiger partial charge in [0.05, 0.1) is 30.4 Å². The minimum atomic E-state index is -1.00. The van der Waals surface area contributed by atoms with Crippen LogP contribution in [0, 0.1) is 12.8 Å². The number of methoxy groups -OCH3 is 1. The molecule has 0 N–H and O–H groups in total. The third-order valence-corrected chi connectivity index (χ3v) is 6.71. The van der Waals surface area contributed by atoms with Crippen molar-refractivity contribution in [2.45, 2.75) is 26.4 Å². The number of ether oxygens (including phenoxy) is 1. The van der Waals surface area contributed by atoms with Crippen LogP contribution in [0.3, 0.4) is 0 Å². The highest BCUT2D eigenvalue weighted by Crippen LogP contribution is 2.35. The minimum Gasteiger partial charge on any atom is -0.494 e. The van der Waals surface area contributed by atoms with E-state index in [1.807, 2.05) is 37.6 Å². The molecule has 5 heterocycles. The SMILES string of the molecule is COc1cc(C(=O)N2C[C@H](C)C[C@@H](F)C2)cn2nc(-c3cc4ccnc(Cl)c4n3C)c(C)c12. The van der Waals surface area contributed by atoms with Gasteiger partial charge in [0.2, 0.25) is 0 Å². The van der Waals surface area contributed by atoms with Crippen LogP contribution in [0.4, 0.5) is 4.39 Å². The van der Waals surface area contributed by atoms with Crippen molar-refractivity contribution in [2.75, 3.05) is 20.2 Å². The summed E-state index contributed by atoms with van der Waals surface area (Å²) in [6.07, 6.45) is 2.85. The number of piperidine rings is 1. The van der Waals surface area contributed by atoms with Crippen LogP contribution in [0.5, 0.6) is 5.75 Å². The van der Waals surface area contributed by atoms with Crippen LogP contribution in [0.1, 0.15) is 29.3 Å². The summed E-state index contributed by atoms with van der Waals surface area (Å²) in [5.74, 6) is 0.439. The first-order valence-electron chi connectivity index (χ1n) is 10.9. The van der Waals surface area contributed by atoms with Crippen LogP contribution in [0.25, 0.3) is 27.8 Å². The lowest BCUT2D eigenvalue weighted by molar-refractivity contribution is 0.0554. The Hall–Kier alpha value is -3.13. The number of carbonyl (C=O) groups is 1. The van der Waals surface area contributed by atoms with E-state index in [0.29, 0.717) is 29.4 Å². The number of pyridine rings is 2. The van der Waals surface area contributed by atoms with E-state index in [0.717, 1.165) is 33.4 Å². The van der Waals surface area contributed by atoms with E-state index in [1.165, 1.54) is 0 Å². The number of fused-ring (bicyclic) bond motifs is 2. The number of likely N-dealkylation sites (tertiary alicyclic amines) is 1. The Bertz CT molecular complexity index is 1390. The molecule has 0 aliphatic carbocycles. The molecule has 0 unspecified atom stereocenters. The van der Waals surface area contributed by atoms with Crippen LogP contribution in [-0.2, 0) is 7.05 Å². The van der Waals surface area contributed by atoms with Gasteiger partial charge >= 0.3 is 0 Å². The summed E-state index contributed by atoms with van der Waals surface area (Å²) in [6.45, 7) is 4.58. The van der Waals surface area contributed by atoms with Gasteiger partial charge in [-0.05, 0) is 37.5 Å². The van der Waals surface area contributed by atoms with Gasteiger partial charge in [0.1, 0.15) is 23.1 Å². The fourth-order valence-electron chi connectivity index (χ4n) is 4.91. The van der Waals surface area contributed by atoms with Crippen molar-refractivity contribution in [3.63, 3.8) is 0 Å². The lowest BCUT2D eigenvalue weighted by Gasteiger charge is -2.33. The molecule has 33 heavy (non-hydrogen) atoms. The van der Waals surface area contributed by atoms with Crippen LogP contribution >= 0.6 is 11.6 Å². The van der Waals surface area contributed by atoms with Gasteiger partial charge in [0, 0.05) is 36.9 Å². The van der Waals surface area contributed by atoms with Gasteiger partial charge in [-0.25, -0.2) is 13.9 Å². The maximum Gasteiger partial charge on any atom is 0.255 e. The predicted octanol–water partition coefficient (Wildman–Crippen LogP) is 4.68. The molecular weight excluding hydrogens is 445 g/mol. The molecule has 4 aromatic heterocycles. The Balaban J connectivity index is 1.63. The minimum absolute atomic E-state index is 0.109. The van der Waals surface area contributed by atoms with Gasteiger partial charge in [-0.3, -0.25) is 4.79 Å². The lowest BCUT2D eigenvalue weighted by Crippen LogP contribution is -2.44. The van der Waals surface area contributed by atoms with Crippen molar-refractivity contribution < 1.29 is 13.9 Å². The fraction of sp³-hybridized carbons (Fsp3) is 0.375. The molecule has 4 aromatic rings. The molecule has 172 valence electrons. The Labute approximate surface area is 195 Å². The Morgan fingerprint density at radius 2 is 2.06 bits per heavy atom. The second-order valence-corrected chi connectivity index (χ2v) is 9.20. The number of rotatable bonds is 3. The highest BCUT2D eigenvalue weighted by atomic mass is 35.5. The third kappa shape index (κ3) is 3.53. The second kappa shape index (κ2) is 8.02. The summed E-state index contributed by atoms with van der Waals surface area (Å²) in [7, 11) is 3.49. The van der Waals surface area contributed by atoms with Crippen LogP contribution in [-0.4, -0.2) is 56.3 Å². The summed E-state index contributed by atoms with van der Waals surface area (Å²) in [5, 5.41) is 6.19. The number of alkyl halides is 1. The van der Waals surface area contributed by atoms with E-state index in [2.05, 4.69) is 4.98 Å². The Morgan fingerprint density at radius 1 is 1.27 bits per heavy atom. The predicted molar refractivity (Wildman–Crippen MR) is 126 cm³/mol. The topological polar surface area (TPSA) is 64.7 Å². The maximum atomic E-state index is 14.1. The number of carbonyl (C=O) groups excluding carboxylic acids is 1. The number of aryl methyl sites for hydroxylation is 2. The van der Waals surface area contributed by atoms with Crippen molar-refractivity contribution in [2.24, 2.45) is 13.0 Å². The molecular formula is C24H25ClFN5O2. The van der Waals surface area contributed by atoms with Crippen LogP contribution in [0.2, 0.25) is 5.15 Å². The molecule has 1 saturated heterocycles. The second-order valence-electron chi connectivity index (χ2n) is 8.84. The standard InChI is InChI=1S/C24H25ClFN5O2/c1-13-7-17(26)12-30(10-13)24(32)16-9-19(33-4)21-14(2)20(28-31(21)11-16)18-8-15-5-6-27-23(25)22(15)29(18)3/h5-6,8-9,11,13,17H,7,10,12H2,1-4H3/t13-,17-/m1/s1. The molecule has 2 atom stereocenters. The summed E-state index contributed by atoms with van der Waals surface area (Å²) in [6, 6.07) is 5.64. The van der Waals surface area contributed by atoms with Crippen molar-refractivity contribution in [1.29, 1.82) is 0 Å². The van der Waals surface area contributed by atoms with Gasteiger partial charge < -0.3 is 14.2 Å². The number of halogens is 2. The van der Waals surface area contributed by atoms with E-state index >= 15 is 0 Å². The molecule has 0 bridgehead atoms. The molecule has 7 nitrogen and oxygen atoms in total. The molecule has 1 fully saturated rings. The largest absolute Gasteiger partial charge is 0.494 e. The van der Waals surface area contributed by atoms with Crippen molar-refractivity contribution in [1.82, 2.24) is 24.1 Å². The average molecular weight is 470 g/mol. The Morgan fingerprint density at radius 3 is 2.76 bits per heavy atom.